The first kappa shape index (κ1) is 18.7. The average molecular weight is 385 g/mol. The van der Waals surface area contributed by atoms with E-state index in [9.17, 15) is 23.3 Å². The normalized spacial score (nSPS) is 11.0. The largest absolute Gasteiger partial charge is 0.468 e. The maximum absolute atomic E-state index is 12.9. The molecule has 8 nitrogen and oxygen atoms in total. The van der Waals surface area contributed by atoms with Crippen LogP contribution in [0.3, 0.4) is 0 Å². The minimum Gasteiger partial charge on any atom is -0.468 e. The molecule has 0 aliphatic carbocycles. The number of benzene rings is 2. The SMILES string of the molecule is COC(=O)CN(c1ccccc1Cl)S(=O)(=O)c1cccc([N+](=O)[O-])c1. The van der Waals surface area contributed by atoms with Crippen LogP contribution in [-0.4, -0.2) is 33.0 Å². The van der Waals surface area contributed by atoms with Crippen molar-refractivity contribution in [1.82, 2.24) is 0 Å². The molecule has 0 radical (unpaired) electrons. The van der Waals surface area contributed by atoms with Crippen LogP contribution in [0.1, 0.15) is 0 Å². The Hall–Kier alpha value is -2.65. The number of nitrogens with zero attached hydrogens (tertiary/aromatic N) is 2. The van der Waals surface area contributed by atoms with E-state index < -0.39 is 33.1 Å². The summed E-state index contributed by atoms with van der Waals surface area (Å²) < 4.78 is 31.2. The van der Waals surface area contributed by atoms with Gasteiger partial charge in [-0.15, -0.1) is 0 Å². The molecule has 0 unspecified atom stereocenters. The van der Waals surface area contributed by atoms with Crippen molar-refractivity contribution in [2.75, 3.05) is 18.0 Å². The van der Waals surface area contributed by atoms with Gasteiger partial charge < -0.3 is 4.74 Å². The second-order valence-corrected chi connectivity index (χ2v) is 7.06. The van der Waals surface area contributed by atoms with Gasteiger partial charge in [-0.25, -0.2) is 8.42 Å². The summed E-state index contributed by atoms with van der Waals surface area (Å²) in [5, 5.41) is 11.0. The topological polar surface area (TPSA) is 107 Å². The lowest BCUT2D eigenvalue weighted by Gasteiger charge is -2.24. The van der Waals surface area contributed by atoms with Crippen LogP contribution >= 0.6 is 11.6 Å². The van der Waals surface area contributed by atoms with Crippen molar-refractivity contribution in [3.8, 4) is 0 Å². The molecule has 0 heterocycles. The fourth-order valence-corrected chi connectivity index (χ4v) is 3.78. The Morgan fingerprint density at radius 3 is 2.52 bits per heavy atom. The van der Waals surface area contributed by atoms with E-state index in [4.69, 9.17) is 11.6 Å². The van der Waals surface area contributed by atoms with E-state index in [0.29, 0.717) is 0 Å². The van der Waals surface area contributed by atoms with Gasteiger partial charge in [0.25, 0.3) is 15.7 Å². The number of halogens is 1. The van der Waals surface area contributed by atoms with Crippen LogP contribution < -0.4 is 4.31 Å². The number of esters is 1. The average Bonchev–Trinajstić information content (AvgIpc) is 2.60. The molecule has 2 aromatic carbocycles. The molecule has 0 amide bonds. The summed E-state index contributed by atoms with van der Waals surface area (Å²) in [7, 11) is -3.18. The van der Waals surface area contributed by atoms with Crippen LogP contribution in [0.2, 0.25) is 5.02 Å². The molecule has 2 rings (SSSR count). The van der Waals surface area contributed by atoms with Gasteiger partial charge in [-0.1, -0.05) is 29.8 Å². The molecule has 0 atom stereocenters. The Bertz CT molecular complexity index is 916. The molecule has 0 saturated heterocycles. The first-order valence-corrected chi connectivity index (χ1v) is 8.67. The lowest BCUT2D eigenvalue weighted by molar-refractivity contribution is -0.385. The number of anilines is 1. The Kier molecular flexibility index (Phi) is 5.60. The number of para-hydroxylation sites is 1. The minimum atomic E-state index is -4.29. The van der Waals surface area contributed by atoms with Crippen LogP contribution in [-0.2, 0) is 19.6 Å². The number of methoxy groups -OCH3 is 1. The standard InChI is InChI=1S/C15H13ClN2O6S/c1-24-15(19)10-17(14-8-3-2-7-13(14)16)25(22,23)12-6-4-5-11(9-12)18(20)21/h2-9H,10H2,1H3. The van der Waals surface area contributed by atoms with Gasteiger partial charge in [-0.2, -0.15) is 0 Å². The van der Waals surface area contributed by atoms with Crippen molar-refractivity contribution < 1.29 is 22.9 Å². The molecule has 0 aliphatic rings. The Labute approximate surface area is 148 Å². The van der Waals surface area contributed by atoms with Crippen molar-refractivity contribution in [3.63, 3.8) is 0 Å². The molecular weight excluding hydrogens is 372 g/mol. The first-order chi connectivity index (χ1) is 11.8. The Morgan fingerprint density at radius 1 is 1.24 bits per heavy atom. The van der Waals surface area contributed by atoms with Gasteiger partial charge in [0, 0.05) is 12.1 Å². The second-order valence-electron chi connectivity index (χ2n) is 4.79. The quantitative estimate of drug-likeness (QED) is 0.430. The van der Waals surface area contributed by atoms with Gasteiger partial charge in [-0.05, 0) is 18.2 Å². The Morgan fingerprint density at radius 2 is 1.92 bits per heavy atom. The molecule has 10 heteroatoms. The van der Waals surface area contributed by atoms with E-state index in [-0.39, 0.29) is 15.6 Å². The summed E-state index contributed by atoms with van der Waals surface area (Å²) in [5.74, 6) is -0.811. The smallest absolute Gasteiger partial charge is 0.326 e. The first-order valence-electron chi connectivity index (χ1n) is 6.86. The van der Waals surface area contributed by atoms with Crippen molar-refractivity contribution in [1.29, 1.82) is 0 Å². The summed E-state index contributed by atoms with van der Waals surface area (Å²) in [4.78, 5) is 21.5. The van der Waals surface area contributed by atoms with E-state index in [2.05, 4.69) is 4.74 Å². The highest BCUT2D eigenvalue weighted by atomic mass is 35.5. The molecule has 0 aromatic heterocycles. The maximum atomic E-state index is 12.9. The summed E-state index contributed by atoms with van der Waals surface area (Å²) >= 11 is 6.05. The minimum absolute atomic E-state index is 0.0565. The molecule has 0 fully saturated rings. The summed E-state index contributed by atoms with van der Waals surface area (Å²) in [5.41, 5.74) is -0.334. The number of ether oxygens (including phenoxy) is 1. The zero-order chi connectivity index (χ0) is 18.6. The zero-order valence-electron chi connectivity index (χ0n) is 13.0. The number of hydrogen-bond acceptors (Lipinski definition) is 6. The molecule has 2 aromatic rings. The molecule has 25 heavy (non-hydrogen) atoms. The lowest BCUT2D eigenvalue weighted by atomic mass is 10.3. The van der Waals surface area contributed by atoms with E-state index in [1.54, 1.807) is 12.1 Å². The zero-order valence-corrected chi connectivity index (χ0v) is 14.5. The number of nitro groups is 1. The molecule has 0 bridgehead atoms. The predicted octanol–water partition coefficient (Wildman–Crippen LogP) is 2.62. The number of nitro benzene ring substituents is 1. The summed E-state index contributed by atoms with van der Waals surface area (Å²) in [6, 6.07) is 10.5. The Balaban J connectivity index is 2.59. The van der Waals surface area contributed by atoms with Gasteiger partial charge >= 0.3 is 5.97 Å². The third kappa shape index (κ3) is 4.06. The highest BCUT2D eigenvalue weighted by molar-refractivity contribution is 7.92. The van der Waals surface area contributed by atoms with Crippen molar-refractivity contribution >= 4 is 39.0 Å². The van der Waals surface area contributed by atoms with E-state index >= 15 is 0 Å². The highest BCUT2D eigenvalue weighted by Crippen LogP contribution is 2.31. The van der Waals surface area contributed by atoms with Gasteiger partial charge in [0.1, 0.15) is 6.54 Å². The van der Waals surface area contributed by atoms with Crippen LogP contribution in [0.15, 0.2) is 53.4 Å². The fourth-order valence-electron chi connectivity index (χ4n) is 2.02. The highest BCUT2D eigenvalue weighted by Gasteiger charge is 2.30. The molecule has 0 saturated carbocycles. The molecule has 132 valence electrons. The van der Waals surface area contributed by atoms with E-state index in [1.165, 1.54) is 30.3 Å². The summed E-state index contributed by atoms with van der Waals surface area (Å²) in [6.45, 7) is -0.634. The molecule has 0 N–H and O–H groups in total. The van der Waals surface area contributed by atoms with Gasteiger partial charge in [0.05, 0.1) is 27.6 Å². The van der Waals surface area contributed by atoms with Crippen LogP contribution in [0.25, 0.3) is 0 Å². The molecular formula is C15H13ClN2O6S. The molecule has 0 spiro atoms. The van der Waals surface area contributed by atoms with Gasteiger partial charge in [0.15, 0.2) is 0 Å². The number of carbonyl (C=O) groups is 1. The van der Waals surface area contributed by atoms with Crippen molar-refractivity contribution in [2.24, 2.45) is 0 Å². The lowest BCUT2D eigenvalue weighted by Crippen LogP contribution is -2.36. The van der Waals surface area contributed by atoms with Crippen LogP contribution in [0, 0.1) is 10.1 Å². The predicted molar refractivity (Wildman–Crippen MR) is 91.1 cm³/mol. The molecule has 0 aliphatic heterocycles. The van der Waals surface area contributed by atoms with Crippen LogP contribution in [0.4, 0.5) is 11.4 Å². The third-order valence-electron chi connectivity index (χ3n) is 3.24. The number of sulfonamides is 1. The van der Waals surface area contributed by atoms with E-state index in [1.807, 2.05) is 0 Å². The monoisotopic (exact) mass is 384 g/mol. The van der Waals surface area contributed by atoms with E-state index in [0.717, 1.165) is 17.5 Å². The summed E-state index contributed by atoms with van der Waals surface area (Å²) in [6.07, 6.45) is 0. The van der Waals surface area contributed by atoms with Crippen molar-refractivity contribution in [2.45, 2.75) is 4.90 Å². The number of carbonyl (C=O) groups excluding carboxylic acids is 1. The number of rotatable bonds is 6. The van der Waals surface area contributed by atoms with Gasteiger partial charge in [0.2, 0.25) is 0 Å². The van der Waals surface area contributed by atoms with Crippen LogP contribution in [0.5, 0.6) is 0 Å². The number of hydrogen-bond donors (Lipinski definition) is 0. The second kappa shape index (κ2) is 7.49. The third-order valence-corrected chi connectivity index (χ3v) is 5.31. The van der Waals surface area contributed by atoms with Crippen molar-refractivity contribution in [3.05, 3.63) is 63.7 Å². The fraction of sp³-hybridized carbons (Fsp3) is 0.133. The number of non-ortho nitro benzene ring substituents is 1. The van der Waals surface area contributed by atoms with Gasteiger partial charge in [-0.3, -0.25) is 19.2 Å². The maximum Gasteiger partial charge on any atom is 0.326 e.